The van der Waals surface area contributed by atoms with Crippen molar-refractivity contribution in [2.75, 3.05) is 19.0 Å². The van der Waals surface area contributed by atoms with Crippen molar-refractivity contribution in [1.29, 1.82) is 0 Å². The predicted octanol–water partition coefficient (Wildman–Crippen LogP) is 6.65. The normalized spacial score (nSPS) is 14.2. The molecule has 3 aromatic rings. The highest BCUT2D eigenvalue weighted by Crippen LogP contribution is 2.35. The predicted molar refractivity (Wildman–Crippen MR) is 146 cm³/mol. The van der Waals surface area contributed by atoms with Crippen LogP contribution < -0.4 is 14.8 Å². The summed E-state index contributed by atoms with van der Waals surface area (Å²) < 4.78 is 11.3. The Kier molecular flexibility index (Phi) is 8.76. The van der Waals surface area contributed by atoms with Gasteiger partial charge in [-0.2, -0.15) is 0 Å². The number of ether oxygens (including phenoxy) is 2. The topological polar surface area (TPSA) is 84.9 Å². The molecule has 0 bridgehead atoms. The molecule has 37 heavy (non-hydrogen) atoms. The number of carbonyl (C=O) groups excluding carboxylic acids is 3. The molecule has 1 heterocycles. The zero-order valence-corrected chi connectivity index (χ0v) is 22.0. The largest absolute Gasteiger partial charge is 0.493 e. The van der Waals surface area contributed by atoms with Crippen molar-refractivity contribution >= 4 is 63.8 Å². The van der Waals surface area contributed by atoms with E-state index < -0.39 is 11.1 Å². The summed E-state index contributed by atoms with van der Waals surface area (Å²) >= 11 is 12.6. The van der Waals surface area contributed by atoms with Gasteiger partial charge >= 0.3 is 0 Å². The Morgan fingerprint density at radius 1 is 0.973 bits per heavy atom. The van der Waals surface area contributed by atoms with Gasteiger partial charge in [0.15, 0.2) is 11.5 Å². The highest BCUT2D eigenvalue weighted by molar-refractivity contribution is 8.18. The second-order valence-corrected chi connectivity index (χ2v) is 9.83. The molecule has 7 nitrogen and oxygen atoms in total. The van der Waals surface area contributed by atoms with E-state index >= 15 is 0 Å². The molecule has 3 amide bonds. The smallest absolute Gasteiger partial charge is 0.293 e. The van der Waals surface area contributed by atoms with Crippen LogP contribution in [0.5, 0.6) is 11.5 Å². The van der Waals surface area contributed by atoms with E-state index in [9.17, 15) is 14.4 Å². The highest BCUT2D eigenvalue weighted by Gasteiger charge is 2.35. The summed E-state index contributed by atoms with van der Waals surface area (Å²) in [6.45, 7) is 0.305. The van der Waals surface area contributed by atoms with Crippen LogP contribution in [-0.2, 0) is 16.2 Å². The summed E-state index contributed by atoms with van der Waals surface area (Å²) in [5.74, 6) is 0.260. The van der Waals surface area contributed by atoms with Gasteiger partial charge in [0.2, 0.25) is 5.91 Å². The number of imide groups is 1. The fourth-order valence-electron chi connectivity index (χ4n) is 3.45. The zero-order valence-electron chi connectivity index (χ0n) is 19.7. The van der Waals surface area contributed by atoms with Gasteiger partial charge in [0.25, 0.3) is 11.1 Å². The molecular weight excluding hydrogens is 535 g/mol. The third-order valence-electron chi connectivity index (χ3n) is 5.36. The molecule has 10 heteroatoms. The monoisotopic (exact) mass is 556 g/mol. The summed E-state index contributed by atoms with van der Waals surface area (Å²) in [6.07, 6.45) is 1.59. The van der Waals surface area contributed by atoms with Crippen molar-refractivity contribution in [1.82, 2.24) is 4.90 Å². The average molecular weight is 557 g/mol. The number of hydrogen-bond acceptors (Lipinski definition) is 6. The van der Waals surface area contributed by atoms with E-state index in [0.717, 1.165) is 22.2 Å². The van der Waals surface area contributed by atoms with Gasteiger partial charge in [-0.25, -0.2) is 0 Å². The molecule has 0 saturated carbocycles. The lowest BCUT2D eigenvalue weighted by atomic mass is 10.1. The second-order valence-electron chi connectivity index (χ2n) is 7.96. The summed E-state index contributed by atoms with van der Waals surface area (Å²) in [5.41, 5.74) is 2.20. The summed E-state index contributed by atoms with van der Waals surface area (Å²) in [5, 5.41) is 3.49. The number of rotatable bonds is 9. The van der Waals surface area contributed by atoms with Crippen molar-refractivity contribution in [3.8, 4) is 11.5 Å². The molecule has 1 saturated heterocycles. The van der Waals surface area contributed by atoms with Gasteiger partial charge in [0.1, 0.15) is 6.61 Å². The van der Waals surface area contributed by atoms with Crippen LogP contribution in [-0.4, -0.2) is 35.6 Å². The molecule has 190 valence electrons. The van der Waals surface area contributed by atoms with Gasteiger partial charge in [-0.15, -0.1) is 0 Å². The van der Waals surface area contributed by atoms with Gasteiger partial charge in [0, 0.05) is 28.7 Å². The number of hydrogen-bond donors (Lipinski definition) is 1. The molecule has 1 aliphatic heterocycles. The Morgan fingerprint density at radius 3 is 2.32 bits per heavy atom. The minimum absolute atomic E-state index is 0.0256. The Balaban J connectivity index is 1.37. The third-order valence-corrected chi connectivity index (χ3v) is 6.77. The van der Waals surface area contributed by atoms with Crippen LogP contribution in [0.4, 0.5) is 10.5 Å². The van der Waals surface area contributed by atoms with Crippen LogP contribution in [0.2, 0.25) is 10.0 Å². The van der Waals surface area contributed by atoms with E-state index in [4.69, 9.17) is 32.7 Å². The van der Waals surface area contributed by atoms with Crippen LogP contribution in [0.25, 0.3) is 6.08 Å². The van der Waals surface area contributed by atoms with E-state index in [-0.39, 0.29) is 23.8 Å². The first-order valence-corrected chi connectivity index (χ1v) is 12.8. The first-order chi connectivity index (χ1) is 17.8. The van der Waals surface area contributed by atoms with Gasteiger partial charge < -0.3 is 14.8 Å². The third kappa shape index (κ3) is 7.07. The summed E-state index contributed by atoms with van der Waals surface area (Å²) in [6, 6.07) is 19.2. The van der Waals surface area contributed by atoms with Gasteiger partial charge in [-0.1, -0.05) is 41.4 Å². The molecule has 0 radical (unpaired) electrons. The first kappa shape index (κ1) is 26.6. The van der Waals surface area contributed by atoms with E-state index in [1.165, 1.54) is 7.11 Å². The number of halogens is 2. The van der Waals surface area contributed by atoms with Crippen LogP contribution in [0, 0.1) is 0 Å². The molecular formula is C27H22Cl2N2O5S. The van der Waals surface area contributed by atoms with E-state index in [1.807, 2.05) is 12.1 Å². The first-order valence-electron chi connectivity index (χ1n) is 11.2. The number of thioether (sulfide) groups is 1. The Labute approximate surface area is 228 Å². The molecule has 1 fully saturated rings. The minimum atomic E-state index is -0.448. The number of methoxy groups -OCH3 is 1. The zero-order chi connectivity index (χ0) is 26.4. The lowest BCUT2D eigenvalue weighted by Crippen LogP contribution is -2.31. The molecule has 0 atom stereocenters. The molecule has 4 rings (SSSR count). The maximum atomic E-state index is 12.8. The van der Waals surface area contributed by atoms with Gasteiger partial charge in [0.05, 0.1) is 12.0 Å². The van der Waals surface area contributed by atoms with Crippen molar-refractivity contribution in [2.45, 2.75) is 13.0 Å². The SMILES string of the molecule is COc1cc(C=C2SC(=O)N(CCC(=O)Nc3ccc(Cl)cc3)C2=O)ccc1OCc1ccc(Cl)cc1. The van der Waals surface area contributed by atoms with E-state index in [1.54, 1.807) is 60.7 Å². The van der Waals surface area contributed by atoms with Crippen molar-refractivity contribution in [3.05, 3.63) is 92.8 Å². The van der Waals surface area contributed by atoms with Gasteiger partial charge in [-0.3, -0.25) is 19.3 Å². The maximum absolute atomic E-state index is 12.8. The molecule has 0 aromatic heterocycles. The van der Waals surface area contributed by atoms with Gasteiger partial charge in [-0.05, 0) is 77.5 Å². The fraction of sp³-hybridized carbons (Fsp3) is 0.148. The lowest BCUT2D eigenvalue weighted by molar-refractivity contribution is -0.123. The Bertz CT molecular complexity index is 1340. The lowest BCUT2D eigenvalue weighted by Gasteiger charge is -2.12. The van der Waals surface area contributed by atoms with E-state index in [0.29, 0.717) is 39.4 Å². The summed E-state index contributed by atoms with van der Waals surface area (Å²) in [7, 11) is 1.53. The molecule has 3 aromatic carbocycles. The quantitative estimate of drug-likeness (QED) is 0.297. The molecule has 0 unspecified atom stereocenters. The molecule has 0 aliphatic carbocycles. The Hall–Kier alpha value is -3.46. The number of benzene rings is 3. The number of amides is 3. The average Bonchev–Trinajstić information content (AvgIpc) is 3.15. The van der Waals surface area contributed by atoms with Crippen LogP contribution in [0.3, 0.4) is 0 Å². The molecule has 1 aliphatic rings. The summed E-state index contributed by atoms with van der Waals surface area (Å²) in [4.78, 5) is 38.9. The molecule has 1 N–H and O–H groups in total. The second kappa shape index (κ2) is 12.2. The van der Waals surface area contributed by atoms with Crippen molar-refractivity contribution in [2.24, 2.45) is 0 Å². The number of nitrogens with one attached hydrogen (secondary N) is 1. The number of anilines is 1. The maximum Gasteiger partial charge on any atom is 0.293 e. The Morgan fingerprint density at radius 2 is 1.65 bits per heavy atom. The minimum Gasteiger partial charge on any atom is -0.493 e. The van der Waals surface area contributed by atoms with Crippen LogP contribution >= 0.6 is 35.0 Å². The standard InChI is InChI=1S/C27H22Cl2N2O5S/c1-35-23-14-18(4-11-22(23)36-16-17-2-5-19(28)6-3-17)15-24-26(33)31(27(34)37-24)13-12-25(32)30-21-9-7-20(29)8-10-21/h2-11,14-15H,12-13,16H2,1H3,(H,30,32). The highest BCUT2D eigenvalue weighted by atomic mass is 35.5. The van der Waals surface area contributed by atoms with Crippen LogP contribution in [0.15, 0.2) is 71.6 Å². The number of nitrogens with zero attached hydrogens (tertiary/aromatic N) is 1. The van der Waals surface area contributed by atoms with Crippen molar-refractivity contribution < 1.29 is 23.9 Å². The van der Waals surface area contributed by atoms with Crippen molar-refractivity contribution in [3.63, 3.8) is 0 Å². The fourth-order valence-corrected chi connectivity index (χ4v) is 4.57. The van der Waals surface area contributed by atoms with E-state index in [2.05, 4.69) is 5.32 Å². The van der Waals surface area contributed by atoms with Crippen LogP contribution in [0.1, 0.15) is 17.5 Å². The molecule has 0 spiro atoms. The number of carbonyl (C=O) groups is 3.